The Bertz CT molecular complexity index is 314. The van der Waals surface area contributed by atoms with Crippen LogP contribution < -0.4 is 5.73 Å². The van der Waals surface area contributed by atoms with Gasteiger partial charge in [0.1, 0.15) is 5.78 Å². The lowest BCUT2D eigenvalue weighted by molar-refractivity contribution is -0.119. The summed E-state index contributed by atoms with van der Waals surface area (Å²) in [5.41, 5.74) is 5.93. The molecule has 0 bridgehead atoms. The van der Waals surface area contributed by atoms with Gasteiger partial charge in [-0.3, -0.25) is 4.79 Å². The summed E-state index contributed by atoms with van der Waals surface area (Å²) in [7, 11) is 0. The van der Waals surface area contributed by atoms with Gasteiger partial charge < -0.3 is 5.73 Å². The van der Waals surface area contributed by atoms with Crippen LogP contribution in [0.25, 0.3) is 0 Å². The zero-order valence-electron chi connectivity index (χ0n) is 9.49. The summed E-state index contributed by atoms with van der Waals surface area (Å²) in [5, 5.41) is 2.76. The average Bonchev–Trinajstić information content (AvgIpc) is 2.54. The van der Waals surface area contributed by atoms with Crippen molar-refractivity contribution in [3.63, 3.8) is 0 Å². The fraction of sp³-hybridized carbons (Fsp3) is 0.636. The summed E-state index contributed by atoms with van der Waals surface area (Å²) < 4.78 is 0. The molecule has 0 aromatic carbocycles. The molecular formula is C11H18N2OS. The molecule has 0 spiro atoms. The van der Waals surface area contributed by atoms with E-state index in [1.165, 1.54) is 11.3 Å². The molecule has 84 valence electrons. The molecule has 1 aromatic heterocycles. The van der Waals surface area contributed by atoms with Crippen LogP contribution in [0.5, 0.6) is 0 Å². The molecule has 1 rings (SSSR count). The van der Waals surface area contributed by atoms with E-state index in [2.05, 4.69) is 4.98 Å². The second kappa shape index (κ2) is 4.86. The number of nitrogens with zero attached hydrogens (tertiary/aromatic N) is 1. The maximum atomic E-state index is 11.7. The highest BCUT2D eigenvalue weighted by atomic mass is 32.1. The van der Waals surface area contributed by atoms with Crippen molar-refractivity contribution in [3.8, 4) is 0 Å². The molecule has 0 amide bonds. The highest BCUT2D eigenvalue weighted by Crippen LogP contribution is 2.20. The molecule has 0 saturated carbocycles. The number of ketones is 1. The van der Waals surface area contributed by atoms with Crippen LogP contribution >= 0.6 is 11.3 Å². The lowest BCUT2D eigenvalue weighted by Gasteiger charge is -2.26. The molecule has 0 saturated heterocycles. The Labute approximate surface area is 94.7 Å². The van der Waals surface area contributed by atoms with Crippen LogP contribution in [0.15, 0.2) is 11.6 Å². The standard InChI is InChI=1S/C11H18N2OS/c1-11(2,3)9(12)6-8(14)7-10-13-4-5-15-10/h4-5,9H,6-7,12H2,1-3H3. The number of hydrogen-bond donors (Lipinski definition) is 1. The molecule has 0 aliphatic heterocycles. The first-order valence-electron chi connectivity index (χ1n) is 5.05. The molecule has 1 aromatic rings. The first-order valence-corrected chi connectivity index (χ1v) is 5.93. The summed E-state index contributed by atoms with van der Waals surface area (Å²) in [4.78, 5) is 15.7. The molecule has 0 aliphatic carbocycles. The van der Waals surface area contributed by atoms with Crippen LogP contribution in [0, 0.1) is 5.41 Å². The van der Waals surface area contributed by atoms with Gasteiger partial charge in [-0.2, -0.15) is 0 Å². The van der Waals surface area contributed by atoms with Gasteiger partial charge in [-0.1, -0.05) is 20.8 Å². The quantitative estimate of drug-likeness (QED) is 0.854. The van der Waals surface area contributed by atoms with Crippen LogP contribution in [-0.2, 0) is 11.2 Å². The van der Waals surface area contributed by atoms with E-state index in [4.69, 9.17) is 5.73 Å². The molecule has 1 unspecified atom stereocenters. The minimum Gasteiger partial charge on any atom is -0.327 e. The third-order valence-electron chi connectivity index (χ3n) is 2.39. The monoisotopic (exact) mass is 226 g/mol. The lowest BCUT2D eigenvalue weighted by atomic mass is 9.84. The Morgan fingerprint density at radius 2 is 2.27 bits per heavy atom. The molecule has 2 N–H and O–H groups in total. The number of carbonyl (C=O) groups is 1. The normalized spacial score (nSPS) is 13.9. The third-order valence-corrected chi connectivity index (χ3v) is 3.17. The predicted octanol–water partition coefficient (Wildman–Crippen LogP) is 2.02. The summed E-state index contributed by atoms with van der Waals surface area (Å²) in [6.07, 6.45) is 2.57. The van der Waals surface area contributed by atoms with E-state index < -0.39 is 0 Å². The van der Waals surface area contributed by atoms with Crippen LogP contribution in [0.2, 0.25) is 0 Å². The van der Waals surface area contributed by atoms with Crippen molar-refractivity contribution in [2.75, 3.05) is 0 Å². The lowest BCUT2D eigenvalue weighted by Crippen LogP contribution is -2.37. The zero-order valence-corrected chi connectivity index (χ0v) is 10.3. The van der Waals surface area contributed by atoms with E-state index >= 15 is 0 Å². The van der Waals surface area contributed by atoms with Gasteiger partial charge in [-0.05, 0) is 5.41 Å². The topological polar surface area (TPSA) is 56.0 Å². The van der Waals surface area contributed by atoms with E-state index in [9.17, 15) is 4.79 Å². The van der Waals surface area contributed by atoms with Crippen molar-refractivity contribution in [3.05, 3.63) is 16.6 Å². The van der Waals surface area contributed by atoms with Crippen LogP contribution in [0.3, 0.4) is 0 Å². The molecule has 1 heterocycles. The Morgan fingerprint density at radius 3 is 2.73 bits per heavy atom. The summed E-state index contributed by atoms with van der Waals surface area (Å²) in [6.45, 7) is 6.15. The highest BCUT2D eigenvalue weighted by Gasteiger charge is 2.23. The number of thiazole rings is 1. The molecule has 4 heteroatoms. The predicted molar refractivity (Wildman–Crippen MR) is 62.9 cm³/mol. The number of rotatable bonds is 4. The second-order valence-electron chi connectivity index (χ2n) is 4.82. The Kier molecular flexibility index (Phi) is 3.99. The first-order chi connectivity index (χ1) is 6.89. The van der Waals surface area contributed by atoms with Gasteiger partial charge in [0, 0.05) is 24.0 Å². The van der Waals surface area contributed by atoms with Crippen LogP contribution in [0.1, 0.15) is 32.2 Å². The van der Waals surface area contributed by atoms with Gasteiger partial charge in [0.05, 0.1) is 11.4 Å². The van der Waals surface area contributed by atoms with E-state index in [0.717, 1.165) is 5.01 Å². The maximum Gasteiger partial charge on any atom is 0.141 e. The molecule has 3 nitrogen and oxygen atoms in total. The summed E-state index contributed by atoms with van der Waals surface area (Å²) in [6, 6.07) is -0.0787. The van der Waals surface area contributed by atoms with E-state index in [1.54, 1.807) is 6.20 Å². The van der Waals surface area contributed by atoms with Gasteiger partial charge in [-0.15, -0.1) is 11.3 Å². The summed E-state index contributed by atoms with van der Waals surface area (Å²) >= 11 is 1.51. The first kappa shape index (κ1) is 12.3. The van der Waals surface area contributed by atoms with Crippen LogP contribution in [0.4, 0.5) is 0 Å². The minimum atomic E-state index is -0.0787. The number of Topliss-reactive ketones (excluding diaryl/α,β-unsaturated/α-hetero) is 1. The fourth-order valence-electron chi connectivity index (χ4n) is 1.13. The number of hydrogen-bond acceptors (Lipinski definition) is 4. The van der Waals surface area contributed by atoms with E-state index in [1.807, 2.05) is 26.2 Å². The third kappa shape index (κ3) is 4.10. The van der Waals surface area contributed by atoms with Crippen molar-refractivity contribution < 1.29 is 4.79 Å². The smallest absolute Gasteiger partial charge is 0.141 e. The van der Waals surface area contributed by atoms with Gasteiger partial charge in [0.15, 0.2) is 0 Å². The van der Waals surface area contributed by atoms with Crippen molar-refractivity contribution in [1.82, 2.24) is 4.98 Å². The highest BCUT2D eigenvalue weighted by molar-refractivity contribution is 7.09. The van der Waals surface area contributed by atoms with Gasteiger partial charge in [-0.25, -0.2) is 4.98 Å². The average molecular weight is 226 g/mol. The zero-order chi connectivity index (χ0) is 11.5. The SMILES string of the molecule is CC(C)(C)C(N)CC(=O)Cc1nccs1. The summed E-state index contributed by atoms with van der Waals surface area (Å²) in [5.74, 6) is 0.173. The van der Waals surface area contributed by atoms with Crippen molar-refractivity contribution in [2.24, 2.45) is 11.1 Å². The van der Waals surface area contributed by atoms with Crippen molar-refractivity contribution >= 4 is 17.1 Å². The van der Waals surface area contributed by atoms with E-state index in [-0.39, 0.29) is 17.2 Å². The van der Waals surface area contributed by atoms with Gasteiger partial charge in [0.25, 0.3) is 0 Å². The molecule has 1 atom stereocenters. The molecular weight excluding hydrogens is 208 g/mol. The van der Waals surface area contributed by atoms with E-state index in [0.29, 0.717) is 12.8 Å². The molecule has 0 radical (unpaired) electrons. The number of aromatic nitrogens is 1. The Balaban J connectivity index is 2.43. The Hall–Kier alpha value is -0.740. The second-order valence-corrected chi connectivity index (χ2v) is 5.80. The molecule has 0 fully saturated rings. The molecule has 0 aliphatic rings. The molecule has 15 heavy (non-hydrogen) atoms. The number of nitrogens with two attached hydrogens (primary N) is 1. The minimum absolute atomic E-state index is 0.0153. The maximum absolute atomic E-state index is 11.7. The Morgan fingerprint density at radius 1 is 1.60 bits per heavy atom. The number of carbonyl (C=O) groups excluding carboxylic acids is 1. The van der Waals surface area contributed by atoms with Crippen LogP contribution in [-0.4, -0.2) is 16.8 Å². The largest absolute Gasteiger partial charge is 0.327 e. The van der Waals surface area contributed by atoms with Crippen molar-refractivity contribution in [1.29, 1.82) is 0 Å². The fourth-order valence-corrected chi connectivity index (χ4v) is 1.78. The van der Waals surface area contributed by atoms with Gasteiger partial charge >= 0.3 is 0 Å². The van der Waals surface area contributed by atoms with Gasteiger partial charge in [0.2, 0.25) is 0 Å². The van der Waals surface area contributed by atoms with Crippen molar-refractivity contribution in [2.45, 2.75) is 39.7 Å².